The zero-order valence-corrected chi connectivity index (χ0v) is 11.5. The molecule has 20 heavy (non-hydrogen) atoms. The van der Waals surface area contributed by atoms with Gasteiger partial charge in [0.15, 0.2) is 0 Å². The first-order valence-corrected chi connectivity index (χ1v) is 7.07. The minimum Gasteiger partial charge on any atom is -0.481 e. The maximum Gasteiger partial charge on any atom is 0.305 e. The summed E-state index contributed by atoms with van der Waals surface area (Å²) in [6, 6.07) is 7.39. The molecule has 0 bridgehead atoms. The van der Waals surface area contributed by atoms with Crippen molar-refractivity contribution in [2.45, 2.75) is 11.3 Å². The number of rotatable bonds is 5. The number of carboxylic acid groups (broad SMARTS) is 1. The van der Waals surface area contributed by atoms with Crippen LogP contribution < -0.4 is 10.2 Å². The number of thioether (sulfide) groups is 1. The van der Waals surface area contributed by atoms with Gasteiger partial charge in [0.1, 0.15) is 6.54 Å². The number of carbonyl (C=O) groups excluding carboxylic acids is 2. The van der Waals surface area contributed by atoms with E-state index in [1.807, 2.05) is 18.2 Å². The summed E-state index contributed by atoms with van der Waals surface area (Å²) in [5, 5.41) is 11.0. The highest BCUT2D eigenvalue weighted by molar-refractivity contribution is 8.00. The fraction of sp³-hybridized carbons (Fsp3) is 0.308. The third-order valence-electron chi connectivity index (χ3n) is 2.77. The topological polar surface area (TPSA) is 86.7 Å². The number of aliphatic carboxylic acids is 1. The van der Waals surface area contributed by atoms with Crippen LogP contribution in [-0.2, 0) is 14.4 Å². The Morgan fingerprint density at radius 2 is 2.10 bits per heavy atom. The first-order valence-electron chi connectivity index (χ1n) is 6.08. The van der Waals surface area contributed by atoms with Crippen LogP contribution >= 0.6 is 11.8 Å². The monoisotopic (exact) mass is 294 g/mol. The predicted molar refractivity (Wildman–Crippen MR) is 74.8 cm³/mol. The van der Waals surface area contributed by atoms with Gasteiger partial charge >= 0.3 is 5.97 Å². The number of fused-ring (bicyclic) bond motifs is 1. The minimum absolute atomic E-state index is 0.0621. The summed E-state index contributed by atoms with van der Waals surface area (Å²) in [7, 11) is 0. The van der Waals surface area contributed by atoms with Gasteiger partial charge in [-0.25, -0.2) is 0 Å². The number of nitrogens with one attached hydrogen (secondary N) is 1. The van der Waals surface area contributed by atoms with Gasteiger partial charge in [-0.2, -0.15) is 0 Å². The average Bonchev–Trinajstić information content (AvgIpc) is 2.41. The molecule has 2 amide bonds. The molecule has 2 N–H and O–H groups in total. The first-order chi connectivity index (χ1) is 9.58. The molecular formula is C13H14N2O4S. The second-order valence-corrected chi connectivity index (χ2v) is 5.25. The Kier molecular flexibility index (Phi) is 4.62. The van der Waals surface area contributed by atoms with Crippen LogP contribution in [0.25, 0.3) is 0 Å². The van der Waals surface area contributed by atoms with Crippen molar-refractivity contribution < 1.29 is 19.5 Å². The fourth-order valence-corrected chi connectivity index (χ4v) is 2.77. The van der Waals surface area contributed by atoms with E-state index in [2.05, 4.69) is 5.32 Å². The summed E-state index contributed by atoms with van der Waals surface area (Å²) in [5.41, 5.74) is 0.724. The lowest BCUT2D eigenvalue weighted by atomic mass is 10.2. The maximum atomic E-state index is 11.9. The molecule has 1 aromatic carbocycles. The molecule has 1 aliphatic heterocycles. The van der Waals surface area contributed by atoms with Gasteiger partial charge in [-0.3, -0.25) is 14.4 Å². The Morgan fingerprint density at radius 3 is 2.85 bits per heavy atom. The fourth-order valence-electron chi connectivity index (χ4n) is 1.84. The number of carboxylic acids is 1. The third kappa shape index (κ3) is 3.51. The van der Waals surface area contributed by atoms with Crippen molar-refractivity contribution in [1.29, 1.82) is 0 Å². The number of para-hydroxylation sites is 1. The van der Waals surface area contributed by atoms with Crippen LogP contribution in [0.5, 0.6) is 0 Å². The number of anilines is 1. The Balaban J connectivity index is 1.99. The molecule has 6 nitrogen and oxygen atoms in total. The Morgan fingerprint density at radius 1 is 1.35 bits per heavy atom. The highest BCUT2D eigenvalue weighted by Crippen LogP contribution is 2.34. The Labute approximate surface area is 120 Å². The molecule has 1 heterocycles. The van der Waals surface area contributed by atoms with Gasteiger partial charge in [0, 0.05) is 11.4 Å². The summed E-state index contributed by atoms with van der Waals surface area (Å²) >= 11 is 1.45. The van der Waals surface area contributed by atoms with Crippen LogP contribution in [0.3, 0.4) is 0 Å². The van der Waals surface area contributed by atoms with Crippen molar-refractivity contribution in [3.8, 4) is 0 Å². The number of carbonyl (C=O) groups is 3. The SMILES string of the molecule is O=C(O)CCNC(=O)CN1C(=O)CSc2ccccc21. The van der Waals surface area contributed by atoms with E-state index in [4.69, 9.17) is 5.11 Å². The largest absolute Gasteiger partial charge is 0.481 e. The van der Waals surface area contributed by atoms with E-state index in [0.717, 1.165) is 10.6 Å². The summed E-state index contributed by atoms with van der Waals surface area (Å²) in [6.07, 6.45) is -0.133. The lowest BCUT2D eigenvalue weighted by molar-refractivity contribution is -0.137. The summed E-state index contributed by atoms with van der Waals surface area (Å²) in [6.45, 7) is -0.0252. The molecule has 2 rings (SSSR count). The molecule has 0 saturated carbocycles. The van der Waals surface area contributed by atoms with Gasteiger partial charge in [0.25, 0.3) is 0 Å². The van der Waals surface area contributed by atoms with E-state index in [9.17, 15) is 14.4 Å². The quantitative estimate of drug-likeness (QED) is 0.835. The summed E-state index contributed by atoms with van der Waals surface area (Å²) in [4.78, 5) is 36.4. The van der Waals surface area contributed by atoms with E-state index < -0.39 is 5.97 Å². The van der Waals surface area contributed by atoms with Crippen molar-refractivity contribution >= 4 is 35.2 Å². The molecule has 0 saturated heterocycles. The van der Waals surface area contributed by atoms with Gasteiger partial charge in [-0.15, -0.1) is 11.8 Å². The second-order valence-electron chi connectivity index (χ2n) is 4.23. The number of benzene rings is 1. The number of hydrogen-bond acceptors (Lipinski definition) is 4. The molecule has 0 spiro atoms. The van der Waals surface area contributed by atoms with E-state index >= 15 is 0 Å². The van der Waals surface area contributed by atoms with E-state index in [0.29, 0.717) is 5.75 Å². The molecule has 0 aromatic heterocycles. The minimum atomic E-state index is -0.971. The Hall–Kier alpha value is -2.02. The van der Waals surface area contributed by atoms with E-state index in [1.54, 1.807) is 6.07 Å². The van der Waals surface area contributed by atoms with Gasteiger partial charge in [-0.05, 0) is 12.1 Å². The summed E-state index contributed by atoms with van der Waals surface area (Å²) in [5.74, 6) is -1.15. The molecular weight excluding hydrogens is 280 g/mol. The number of nitrogens with zero attached hydrogens (tertiary/aromatic N) is 1. The van der Waals surface area contributed by atoms with Gasteiger partial charge in [-0.1, -0.05) is 12.1 Å². The zero-order chi connectivity index (χ0) is 14.5. The van der Waals surface area contributed by atoms with Gasteiger partial charge in [0.2, 0.25) is 11.8 Å². The van der Waals surface area contributed by atoms with Crippen LogP contribution in [0.1, 0.15) is 6.42 Å². The first kappa shape index (κ1) is 14.4. The molecule has 0 unspecified atom stereocenters. The van der Waals surface area contributed by atoms with E-state index in [-0.39, 0.29) is 31.3 Å². The van der Waals surface area contributed by atoms with E-state index in [1.165, 1.54) is 16.7 Å². The molecule has 0 fully saturated rings. The van der Waals surface area contributed by atoms with Gasteiger partial charge in [0.05, 0.1) is 17.9 Å². The molecule has 7 heteroatoms. The van der Waals surface area contributed by atoms with Crippen LogP contribution in [-0.4, -0.2) is 41.7 Å². The van der Waals surface area contributed by atoms with Crippen molar-refractivity contribution in [2.24, 2.45) is 0 Å². The van der Waals surface area contributed by atoms with Crippen molar-refractivity contribution in [3.63, 3.8) is 0 Å². The van der Waals surface area contributed by atoms with Gasteiger partial charge < -0.3 is 15.3 Å². The van der Waals surface area contributed by atoms with Crippen LogP contribution in [0, 0.1) is 0 Å². The second kappa shape index (κ2) is 6.42. The Bertz CT molecular complexity index is 547. The molecule has 1 aromatic rings. The predicted octanol–water partition coefficient (Wildman–Crippen LogP) is 0.716. The molecule has 106 valence electrons. The van der Waals surface area contributed by atoms with Crippen LogP contribution in [0.4, 0.5) is 5.69 Å². The van der Waals surface area contributed by atoms with Crippen molar-refractivity contribution in [1.82, 2.24) is 5.32 Å². The lowest BCUT2D eigenvalue weighted by Gasteiger charge is -2.28. The highest BCUT2D eigenvalue weighted by atomic mass is 32.2. The lowest BCUT2D eigenvalue weighted by Crippen LogP contribution is -2.43. The van der Waals surface area contributed by atoms with Crippen LogP contribution in [0.15, 0.2) is 29.2 Å². The number of amides is 2. The maximum absolute atomic E-state index is 11.9. The standard InChI is InChI=1S/C13H14N2O4S/c16-11(14-6-5-13(18)19)7-15-9-3-1-2-4-10(9)20-8-12(15)17/h1-4H,5-8H2,(H,14,16)(H,18,19). The van der Waals surface area contributed by atoms with Crippen molar-refractivity contribution in [3.05, 3.63) is 24.3 Å². The number of hydrogen-bond donors (Lipinski definition) is 2. The molecule has 0 aliphatic carbocycles. The highest BCUT2D eigenvalue weighted by Gasteiger charge is 2.25. The van der Waals surface area contributed by atoms with Crippen molar-refractivity contribution in [2.75, 3.05) is 23.7 Å². The third-order valence-corrected chi connectivity index (χ3v) is 3.82. The summed E-state index contributed by atoms with van der Waals surface area (Å²) < 4.78 is 0. The van der Waals surface area contributed by atoms with Crippen LogP contribution in [0.2, 0.25) is 0 Å². The zero-order valence-electron chi connectivity index (χ0n) is 10.7. The normalized spacial score (nSPS) is 13.8. The molecule has 0 atom stereocenters. The average molecular weight is 294 g/mol. The molecule has 1 aliphatic rings. The smallest absolute Gasteiger partial charge is 0.305 e. The molecule has 0 radical (unpaired) electrons.